The first kappa shape index (κ1) is 15.5. The second-order valence-electron chi connectivity index (χ2n) is 5.56. The Balaban J connectivity index is 1.79. The fourth-order valence-electron chi connectivity index (χ4n) is 2.58. The van der Waals surface area contributed by atoms with Gasteiger partial charge in [0.1, 0.15) is 0 Å². The van der Waals surface area contributed by atoms with Crippen molar-refractivity contribution in [3.8, 4) is 0 Å². The van der Waals surface area contributed by atoms with Crippen molar-refractivity contribution in [2.45, 2.75) is 32.1 Å². The van der Waals surface area contributed by atoms with E-state index in [1.807, 2.05) is 24.3 Å². The van der Waals surface area contributed by atoms with E-state index in [-0.39, 0.29) is 12.3 Å². The minimum atomic E-state index is -0.798. The molecule has 0 radical (unpaired) electrons. The molecule has 0 aromatic heterocycles. The van der Waals surface area contributed by atoms with E-state index in [1.54, 1.807) is 0 Å². The Bertz CT molecular complexity index is 479. The molecule has 1 aliphatic heterocycles. The Hall–Kier alpha value is -1.88. The third-order valence-electron chi connectivity index (χ3n) is 3.74. The topological polar surface area (TPSA) is 78.4 Å². The van der Waals surface area contributed by atoms with E-state index < -0.39 is 5.97 Å². The first-order chi connectivity index (χ1) is 10.1. The lowest BCUT2D eigenvalue weighted by molar-refractivity contribution is -0.137. The molecule has 1 aromatic rings. The largest absolute Gasteiger partial charge is 0.481 e. The summed E-state index contributed by atoms with van der Waals surface area (Å²) in [6.45, 7) is 1.97. The first-order valence-electron chi connectivity index (χ1n) is 7.45. The Morgan fingerprint density at radius 3 is 2.67 bits per heavy atom. The predicted octanol–water partition coefficient (Wildman–Crippen LogP) is 2.03. The number of aryl methyl sites for hydroxylation is 1. The molecule has 1 saturated heterocycles. The number of carboxylic acids is 1. The van der Waals surface area contributed by atoms with Crippen LogP contribution in [0.2, 0.25) is 0 Å². The second kappa shape index (κ2) is 7.78. The normalized spacial score (nSPS) is 18.2. The van der Waals surface area contributed by atoms with E-state index in [0.717, 1.165) is 37.2 Å². The molecule has 1 heterocycles. The average Bonchev–Trinajstić information content (AvgIpc) is 2.47. The monoisotopic (exact) mass is 290 g/mol. The van der Waals surface area contributed by atoms with Gasteiger partial charge in [0.2, 0.25) is 5.91 Å². The standard InChI is InChI=1S/C16H22N2O3/c19-15(10-13-2-1-9-17-11-13)18-14-6-3-12(4-7-14)5-8-16(20)21/h3-4,6-7,13,17H,1-2,5,8-11H2,(H,18,19)(H,20,21). The van der Waals surface area contributed by atoms with Gasteiger partial charge >= 0.3 is 5.97 Å². The molecule has 21 heavy (non-hydrogen) atoms. The molecule has 2 rings (SSSR count). The van der Waals surface area contributed by atoms with Crippen molar-refractivity contribution in [2.75, 3.05) is 18.4 Å². The van der Waals surface area contributed by atoms with Gasteiger partial charge in [-0.1, -0.05) is 12.1 Å². The molecule has 0 bridgehead atoms. The highest BCUT2D eigenvalue weighted by molar-refractivity contribution is 5.90. The van der Waals surface area contributed by atoms with Crippen molar-refractivity contribution >= 4 is 17.6 Å². The van der Waals surface area contributed by atoms with Crippen LogP contribution in [-0.2, 0) is 16.0 Å². The Kier molecular flexibility index (Phi) is 5.75. The first-order valence-corrected chi connectivity index (χ1v) is 7.45. The van der Waals surface area contributed by atoms with Crippen LogP contribution in [0.1, 0.15) is 31.2 Å². The van der Waals surface area contributed by atoms with Gasteiger partial charge in [-0.3, -0.25) is 9.59 Å². The highest BCUT2D eigenvalue weighted by Gasteiger charge is 2.16. The molecule has 1 amide bonds. The van der Waals surface area contributed by atoms with Crippen LogP contribution in [0.4, 0.5) is 5.69 Å². The molecule has 5 nitrogen and oxygen atoms in total. The van der Waals surface area contributed by atoms with Gasteiger partial charge < -0.3 is 15.7 Å². The molecule has 1 aliphatic rings. The summed E-state index contributed by atoms with van der Waals surface area (Å²) in [7, 11) is 0. The zero-order valence-electron chi connectivity index (χ0n) is 12.1. The molecule has 114 valence electrons. The lowest BCUT2D eigenvalue weighted by atomic mass is 9.96. The molecule has 1 unspecified atom stereocenters. The number of amides is 1. The minimum absolute atomic E-state index is 0.0435. The highest BCUT2D eigenvalue weighted by Crippen LogP contribution is 2.16. The lowest BCUT2D eigenvalue weighted by Crippen LogP contribution is -2.32. The SMILES string of the molecule is O=C(O)CCc1ccc(NC(=O)CC2CCCNC2)cc1. The Labute approximate surface area is 124 Å². The zero-order valence-corrected chi connectivity index (χ0v) is 12.1. The fraction of sp³-hybridized carbons (Fsp3) is 0.500. The third-order valence-corrected chi connectivity index (χ3v) is 3.74. The summed E-state index contributed by atoms with van der Waals surface area (Å²) in [5, 5.41) is 14.8. The van der Waals surface area contributed by atoms with Gasteiger partial charge in [-0.05, 0) is 56.0 Å². The van der Waals surface area contributed by atoms with E-state index in [2.05, 4.69) is 10.6 Å². The highest BCUT2D eigenvalue weighted by atomic mass is 16.4. The maximum atomic E-state index is 12.0. The Morgan fingerprint density at radius 2 is 2.05 bits per heavy atom. The summed E-state index contributed by atoms with van der Waals surface area (Å²) in [4.78, 5) is 22.5. The third kappa shape index (κ3) is 5.55. The zero-order chi connectivity index (χ0) is 15.1. The lowest BCUT2D eigenvalue weighted by Gasteiger charge is -2.22. The van der Waals surface area contributed by atoms with Gasteiger partial charge in [-0.15, -0.1) is 0 Å². The van der Waals surface area contributed by atoms with E-state index in [9.17, 15) is 9.59 Å². The number of carbonyl (C=O) groups excluding carboxylic acids is 1. The summed E-state index contributed by atoms with van der Waals surface area (Å²) in [5.41, 5.74) is 1.73. The molecule has 1 fully saturated rings. The quantitative estimate of drug-likeness (QED) is 0.749. The van der Waals surface area contributed by atoms with E-state index in [1.165, 1.54) is 0 Å². The number of hydrogen-bond acceptors (Lipinski definition) is 3. The number of piperidine rings is 1. The number of anilines is 1. The Morgan fingerprint density at radius 1 is 1.29 bits per heavy atom. The number of aliphatic carboxylic acids is 1. The van der Waals surface area contributed by atoms with Crippen molar-refractivity contribution in [2.24, 2.45) is 5.92 Å². The van der Waals surface area contributed by atoms with Gasteiger partial charge in [0.25, 0.3) is 0 Å². The molecule has 5 heteroatoms. The predicted molar refractivity (Wildman–Crippen MR) is 81.2 cm³/mol. The number of rotatable bonds is 6. The van der Waals surface area contributed by atoms with Crippen molar-refractivity contribution in [1.29, 1.82) is 0 Å². The molecule has 3 N–H and O–H groups in total. The van der Waals surface area contributed by atoms with Crippen LogP contribution >= 0.6 is 0 Å². The summed E-state index contributed by atoms with van der Waals surface area (Å²) >= 11 is 0. The molecular weight excluding hydrogens is 268 g/mol. The van der Waals surface area contributed by atoms with E-state index >= 15 is 0 Å². The summed E-state index contributed by atoms with van der Waals surface area (Å²) in [6, 6.07) is 7.38. The van der Waals surface area contributed by atoms with Crippen molar-refractivity contribution < 1.29 is 14.7 Å². The van der Waals surface area contributed by atoms with Crippen LogP contribution in [-0.4, -0.2) is 30.1 Å². The van der Waals surface area contributed by atoms with Crippen LogP contribution in [0.15, 0.2) is 24.3 Å². The molecule has 0 saturated carbocycles. The van der Waals surface area contributed by atoms with Crippen LogP contribution in [0, 0.1) is 5.92 Å². The number of nitrogens with one attached hydrogen (secondary N) is 2. The van der Waals surface area contributed by atoms with Crippen LogP contribution in [0.5, 0.6) is 0 Å². The van der Waals surface area contributed by atoms with E-state index in [4.69, 9.17) is 5.11 Å². The van der Waals surface area contributed by atoms with Crippen LogP contribution in [0.25, 0.3) is 0 Å². The van der Waals surface area contributed by atoms with Gasteiger partial charge in [0, 0.05) is 18.5 Å². The number of carboxylic acid groups (broad SMARTS) is 1. The maximum Gasteiger partial charge on any atom is 0.303 e. The smallest absolute Gasteiger partial charge is 0.303 e. The fourth-order valence-corrected chi connectivity index (χ4v) is 2.58. The summed E-state index contributed by atoms with van der Waals surface area (Å²) in [5.74, 6) is -0.330. The maximum absolute atomic E-state index is 12.0. The molecule has 1 aromatic carbocycles. The van der Waals surface area contributed by atoms with Gasteiger partial charge in [0.05, 0.1) is 0 Å². The van der Waals surface area contributed by atoms with Crippen LogP contribution in [0.3, 0.4) is 0 Å². The van der Waals surface area contributed by atoms with E-state index in [0.29, 0.717) is 18.8 Å². The van der Waals surface area contributed by atoms with Crippen molar-refractivity contribution in [1.82, 2.24) is 5.32 Å². The van der Waals surface area contributed by atoms with Gasteiger partial charge in [-0.25, -0.2) is 0 Å². The summed E-state index contributed by atoms with van der Waals surface area (Å²) < 4.78 is 0. The van der Waals surface area contributed by atoms with Gasteiger partial charge in [-0.2, -0.15) is 0 Å². The minimum Gasteiger partial charge on any atom is -0.481 e. The molecule has 0 aliphatic carbocycles. The van der Waals surface area contributed by atoms with Crippen molar-refractivity contribution in [3.63, 3.8) is 0 Å². The van der Waals surface area contributed by atoms with Gasteiger partial charge in [0.15, 0.2) is 0 Å². The van der Waals surface area contributed by atoms with Crippen molar-refractivity contribution in [3.05, 3.63) is 29.8 Å². The second-order valence-corrected chi connectivity index (χ2v) is 5.56. The molecule has 1 atom stereocenters. The number of carbonyl (C=O) groups is 2. The van der Waals surface area contributed by atoms with Crippen LogP contribution < -0.4 is 10.6 Å². The molecule has 0 spiro atoms. The molecular formula is C16H22N2O3. The number of hydrogen-bond donors (Lipinski definition) is 3. The average molecular weight is 290 g/mol. The number of benzene rings is 1. The summed E-state index contributed by atoms with van der Waals surface area (Å²) in [6.07, 6.45) is 3.43.